The molecule has 9 nitrogen and oxygen atoms in total. The van der Waals surface area contributed by atoms with E-state index in [0.717, 1.165) is 19.0 Å². The smallest absolute Gasteiger partial charge is 0.413 e. The largest absolute Gasteiger partial charge is 0.450 e. The third kappa shape index (κ3) is 4.68. The molecule has 13 heteroatoms. The van der Waals surface area contributed by atoms with Crippen molar-refractivity contribution >= 4 is 80.8 Å². The first-order valence-corrected chi connectivity index (χ1v) is 11.7. The van der Waals surface area contributed by atoms with Gasteiger partial charge in [0.05, 0.1) is 25.5 Å². The molecule has 0 aliphatic rings. The van der Waals surface area contributed by atoms with E-state index in [-0.39, 0.29) is 6.61 Å². The van der Waals surface area contributed by atoms with Gasteiger partial charge in [-0.2, -0.15) is 4.98 Å². The summed E-state index contributed by atoms with van der Waals surface area (Å²) in [6.45, 7) is 2.55. The van der Waals surface area contributed by atoms with Crippen LogP contribution >= 0.6 is 59.1 Å². The Morgan fingerprint density at radius 3 is 2.70 bits per heavy atom. The molecular weight excluding hydrogens is 606 g/mol. The zero-order chi connectivity index (χ0) is 21.3. The van der Waals surface area contributed by atoms with E-state index in [4.69, 9.17) is 4.74 Å². The number of hydrogen-bond acceptors (Lipinski definition) is 8. The first kappa shape index (κ1) is 21.3. The van der Waals surface area contributed by atoms with E-state index in [2.05, 4.69) is 78.4 Å². The second-order valence-corrected chi connectivity index (χ2v) is 9.40. The van der Waals surface area contributed by atoms with Crippen molar-refractivity contribution in [3.63, 3.8) is 0 Å². The number of carbonyl (C=O) groups excluding carboxylic acids is 1. The molecule has 0 spiro atoms. The Bertz CT molecular complexity index is 1220. The number of thiazole rings is 1. The van der Waals surface area contributed by atoms with Crippen LogP contribution in [0.25, 0.3) is 21.9 Å². The molecule has 0 atom stereocenters. The van der Waals surface area contributed by atoms with E-state index in [1.54, 1.807) is 24.0 Å². The average molecular weight is 618 g/mol. The highest BCUT2D eigenvalue weighted by Crippen LogP contribution is 2.32. The van der Waals surface area contributed by atoms with Crippen molar-refractivity contribution in [3.8, 4) is 11.4 Å². The number of aromatic nitrogens is 6. The zero-order valence-corrected chi connectivity index (χ0v) is 20.8. The van der Waals surface area contributed by atoms with Crippen LogP contribution in [0.15, 0.2) is 37.9 Å². The fraction of sp³-hybridized carbons (Fsp3) is 0.176. The van der Waals surface area contributed by atoms with Crippen LogP contribution in [-0.2, 0) is 11.3 Å². The maximum atomic E-state index is 11.6. The Balaban J connectivity index is 1.54. The van der Waals surface area contributed by atoms with Gasteiger partial charge in [0, 0.05) is 13.4 Å². The quantitative estimate of drug-likeness (QED) is 0.305. The molecule has 0 saturated carbocycles. The van der Waals surface area contributed by atoms with Crippen LogP contribution in [0, 0.1) is 0 Å². The lowest BCUT2D eigenvalue weighted by Crippen LogP contribution is -2.12. The van der Waals surface area contributed by atoms with Crippen molar-refractivity contribution in [2.24, 2.45) is 0 Å². The van der Waals surface area contributed by atoms with Crippen molar-refractivity contribution in [2.45, 2.75) is 13.5 Å². The maximum Gasteiger partial charge on any atom is 0.413 e. The van der Waals surface area contributed by atoms with Gasteiger partial charge in [0.2, 0.25) is 0 Å². The predicted octanol–water partition coefficient (Wildman–Crippen LogP) is 5.25. The minimum absolute atomic E-state index is 0.279. The number of nitrogens with zero attached hydrogens (tertiary/aromatic N) is 6. The van der Waals surface area contributed by atoms with Gasteiger partial charge in [0.1, 0.15) is 11.4 Å². The fourth-order valence-corrected chi connectivity index (χ4v) is 4.83. The average Bonchev–Trinajstić information content (AvgIpc) is 3.31. The molecule has 3 heterocycles. The first-order chi connectivity index (χ1) is 14.4. The van der Waals surface area contributed by atoms with Crippen molar-refractivity contribution < 1.29 is 9.53 Å². The Labute approximate surface area is 199 Å². The molecule has 0 unspecified atom stereocenters. The molecule has 1 N–H and O–H groups in total. The lowest BCUT2D eigenvalue weighted by molar-refractivity contribution is 0.168. The van der Waals surface area contributed by atoms with Crippen molar-refractivity contribution in [2.75, 3.05) is 11.9 Å². The van der Waals surface area contributed by atoms with Crippen LogP contribution in [0.1, 0.15) is 12.5 Å². The van der Waals surface area contributed by atoms with Crippen LogP contribution in [0.5, 0.6) is 0 Å². The minimum atomic E-state index is -0.564. The second kappa shape index (κ2) is 9.04. The van der Waals surface area contributed by atoms with E-state index in [0.29, 0.717) is 33.5 Å². The van der Waals surface area contributed by atoms with Gasteiger partial charge < -0.3 is 4.74 Å². The van der Waals surface area contributed by atoms with Crippen LogP contribution in [0.2, 0.25) is 0 Å². The number of anilines is 1. The SMILES string of the molecule is CCOC(=O)Nc1nc2ncc(-c3cn(Cc4cc(Br)c(Br)c(Br)c4)nn3)nc2s1. The van der Waals surface area contributed by atoms with E-state index in [9.17, 15) is 4.79 Å². The molecule has 0 fully saturated rings. The number of nitrogens with one attached hydrogen (secondary N) is 1. The summed E-state index contributed by atoms with van der Waals surface area (Å²) in [5, 5.41) is 11.3. The van der Waals surface area contributed by atoms with E-state index in [1.807, 2.05) is 12.1 Å². The Morgan fingerprint density at radius 1 is 1.20 bits per heavy atom. The van der Waals surface area contributed by atoms with Gasteiger partial charge in [-0.1, -0.05) is 16.6 Å². The molecule has 0 aliphatic heterocycles. The first-order valence-electron chi connectivity index (χ1n) is 8.54. The normalized spacial score (nSPS) is 11.1. The van der Waals surface area contributed by atoms with Crippen LogP contribution < -0.4 is 5.32 Å². The number of ether oxygens (including phenoxy) is 1. The van der Waals surface area contributed by atoms with Gasteiger partial charge in [0.25, 0.3) is 0 Å². The Morgan fingerprint density at radius 2 is 1.97 bits per heavy atom. The van der Waals surface area contributed by atoms with Gasteiger partial charge in [-0.05, 0) is 72.4 Å². The molecule has 3 aromatic heterocycles. The summed E-state index contributed by atoms with van der Waals surface area (Å²) < 4.78 is 9.42. The van der Waals surface area contributed by atoms with Gasteiger partial charge in [0.15, 0.2) is 15.6 Å². The third-order valence-corrected chi connectivity index (χ3v) is 7.82. The number of hydrogen-bond donors (Lipinski definition) is 1. The number of carbonyl (C=O) groups is 1. The Kier molecular flexibility index (Phi) is 6.41. The molecule has 0 bridgehead atoms. The summed E-state index contributed by atoms with van der Waals surface area (Å²) in [6, 6.07) is 4.02. The molecule has 0 aliphatic carbocycles. The predicted molar refractivity (Wildman–Crippen MR) is 124 cm³/mol. The number of halogens is 3. The third-order valence-electron chi connectivity index (χ3n) is 3.80. The molecule has 4 rings (SSSR count). The monoisotopic (exact) mass is 615 g/mol. The lowest BCUT2D eigenvalue weighted by Gasteiger charge is -2.05. The maximum absolute atomic E-state index is 11.6. The molecule has 0 radical (unpaired) electrons. The summed E-state index contributed by atoms with van der Waals surface area (Å²) in [7, 11) is 0. The number of rotatable bonds is 5. The standard InChI is InChI=1S/C17H12Br3N7O2S/c1-2-29-17(28)24-16-23-14-15(30-16)22-11(5-21-14)12-7-27(26-25-12)6-8-3-9(18)13(20)10(19)4-8/h3-5,7H,2,6H2,1H3,(H,21,23,24,28). The fourth-order valence-electron chi connectivity index (χ4n) is 2.53. The number of benzene rings is 1. The highest BCUT2D eigenvalue weighted by molar-refractivity contribution is 9.14. The zero-order valence-electron chi connectivity index (χ0n) is 15.3. The van der Waals surface area contributed by atoms with Crippen LogP contribution in [0.4, 0.5) is 9.93 Å². The van der Waals surface area contributed by atoms with Crippen molar-refractivity contribution in [3.05, 3.63) is 43.5 Å². The lowest BCUT2D eigenvalue weighted by atomic mass is 10.2. The minimum Gasteiger partial charge on any atom is -0.450 e. The molecule has 30 heavy (non-hydrogen) atoms. The van der Waals surface area contributed by atoms with Gasteiger partial charge in [-0.3, -0.25) is 5.32 Å². The topological polar surface area (TPSA) is 108 Å². The Hall–Kier alpha value is -1.96. The van der Waals surface area contributed by atoms with Crippen LogP contribution in [0.3, 0.4) is 0 Å². The van der Waals surface area contributed by atoms with Crippen molar-refractivity contribution in [1.29, 1.82) is 0 Å². The molecule has 4 aromatic rings. The number of fused-ring (bicyclic) bond motifs is 1. The van der Waals surface area contributed by atoms with Gasteiger partial charge in [-0.25, -0.2) is 19.4 Å². The van der Waals surface area contributed by atoms with Gasteiger partial charge in [-0.15, -0.1) is 5.10 Å². The number of amides is 1. The molecule has 0 saturated heterocycles. The summed E-state index contributed by atoms with van der Waals surface area (Å²) in [5.74, 6) is 0. The molecule has 1 aromatic carbocycles. The summed E-state index contributed by atoms with van der Waals surface area (Å²) in [5.41, 5.74) is 2.64. The molecule has 1 amide bonds. The second-order valence-electron chi connectivity index (χ2n) is 5.92. The summed E-state index contributed by atoms with van der Waals surface area (Å²) in [6.07, 6.45) is 2.82. The molecule has 154 valence electrons. The van der Waals surface area contributed by atoms with E-state index >= 15 is 0 Å². The van der Waals surface area contributed by atoms with Crippen LogP contribution in [-0.4, -0.2) is 42.6 Å². The molecular formula is C17H12Br3N7O2S. The van der Waals surface area contributed by atoms with E-state index < -0.39 is 6.09 Å². The highest BCUT2D eigenvalue weighted by Gasteiger charge is 2.13. The summed E-state index contributed by atoms with van der Waals surface area (Å²) >= 11 is 11.7. The highest BCUT2D eigenvalue weighted by atomic mass is 79.9. The summed E-state index contributed by atoms with van der Waals surface area (Å²) in [4.78, 5) is 25.2. The van der Waals surface area contributed by atoms with Crippen molar-refractivity contribution in [1.82, 2.24) is 29.9 Å². The van der Waals surface area contributed by atoms with E-state index in [1.165, 1.54) is 11.3 Å². The van der Waals surface area contributed by atoms with Gasteiger partial charge >= 0.3 is 6.09 Å².